The zero-order valence-electron chi connectivity index (χ0n) is 25.5. The van der Waals surface area contributed by atoms with Crippen molar-refractivity contribution in [2.75, 3.05) is 16.5 Å². The summed E-state index contributed by atoms with van der Waals surface area (Å²) < 4.78 is 26.4. The molecule has 228 valence electrons. The molecule has 0 saturated carbocycles. The Morgan fingerprint density at radius 1 is 0.909 bits per heavy atom. The van der Waals surface area contributed by atoms with Crippen LogP contribution in [-0.4, -0.2) is 18.2 Å². The Bertz CT molecular complexity index is 1620. The lowest BCUT2D eigenvalue weighted by Gasteiger charge is -2.32. The minimum absolute atomic E-state index is 0.136. The first-order valence-corrected chi connectivity index (χ1v) is 15.8. The van der Waals surface area contributed by atoms with Gasteiger partial charge in [-0.3, -0.25) is 9.69 Å². The van der Waals surface area contributed by atoms with Gasteiger partial charge in [-0.1, -0.05) is 55.3 Å². The Kier molecular flexibility index (Phi) is 10.0. The monoisotopic (exact) mass is 657 g/mol. The molecule has 0 N–H and O–H groups in total. The molecule has 6 nitrogen and oxygen atoms in total. The Balaban J connectivity index is 1.59. The number of rotatable bonds is 12. The fourth-order valence-corrected chi connectivity index (χ4v) is 5.77. The Morgan fingerprint density at radius 2 is 1.57 bits per heavy atom. The minimum Gasteiger partial charge on any atom is -0.490 e. The Morgan fingerprint density at radius 3 is 2.20 bits per heavy atom. The third-order valence-corrected chi connectivity index (χ3v) is 8.07. The second kappa shape index (κ2) is 14.1. The van der Waals surface area contributed by atoms with Crippen LogP contribution in [0.3, 0.4) is 0 Å². The molecule has 0 spiro atoms. The molecule has 1 heterocycles. The summed E-state index contributed by atoms with van der Waals surface area (Å²) in [6, 6.07) is 26.6. The summed E-state index contributed by atoms with van der Waals surface area (Å²) in [6.45, 7) is 8.36. The van der Waals surface area contributed by atoms with E-state index in [1.54, 1.807) is 19.1 Å². The highest BCUT2D eigenvalue weighted by molar-refractivity contribution is 9.10. The van der Waals surface area contributed by atoms with Gasteiger partial charge < -0.3 is 9.47 Å². The predicted octanol–water partition coefficient (Wildman–Crippen LogP) is 9.14. The van der Waals surface area contributed by atoms with Gasteiger partial charge in [-0.05, 0) is 102 Å². The standard InChI is InChI=1S/C36H37BrFN3O3/c1-5-7-8-26-13-19-30(20-14-26)40-35(25(4)42)39-41(31-17-9-24(3)10-18-31)36(40)28-21-32(37)34(33(22-28)43-6-2)44-23-27-11-15-29(38)16-12-27/h9-22,36H,5-8,23H2,1-4H3. The van der Waals surface area contributed by atoms with Crippen molar-refractivity contribution >= 4 is 38.9 Å². The topological polar surface area (TPSA) is 54.4 Å². The van der Waals surface area contributed by atoms with Crippen molar-refractivity contribution in [3.05, 3.63) is 117 Å². The van der Waals surface area contributed by atoms with Gasteiger partial charge >= 0.3 is 0 Å². The van der Waals surface area contributed by atoms with Gasteiger partial charge in [0.25, 0.3) is 0 Å². The second-order valence-corrected chi connectivity index (χ2v) is 11.7. The van der Waals surface area contributed by atoms with Crippen molar-refractivity contribution < 1.29 is 18.7 Å². The smallest absolute Gasteiger partial charge is 0.198 e. The summed E-state index contributed by atoms with van der Waals surface area (Å²) in [7, 11) is 0. The SMILES string of the molecule is CCCCc1ccc(N2C(C(C)=O)=NN(c3ccc(C)cc3)C2c2cc(Br)c(OCc3ccc(F)cc3)c(OCC)c2)cc1. The fourth-order valence-electron chi connectivity index (χ4n) is 5.20. The van der Waals surface area contributed by atoms with Gasteiger partial charge in [0.1, 0.15) is 12.4 Å². The molecule has 0 aromatic heterocycles. The molecule has 4 aromatic carbocycles. The van der Waals surface area contributed by atoms with Crippen LogP contribution in [0.5, 0.6) is 11.5 Å². The lowest BCUT2D eigenvalue weighted by Crippen LogP contribution is -2.37. The first kappa shape index (κ1) is 31.3. The summed E-state index contributed by atoms with van der Waals surface area (Å²) in [5.41, 5.74) is 5.79. The van der Waals surface area contributed by atoms with E-state index in [4.69, 9.17) is 14.6 Å². The third-order valence-electron chi connectivity index (χ3n) is 7.48. The molecule has 0 aliphatic carbocycles. The molecule has 0 bridgehead atoms. The normalized spacial score (nSPS) is 14.5. The average molecular weight is 659 g/mol. The summed E-state index contributed by atoms with van der Waals surface area (Å²) >= 11 is 3.73. The largest absolute Gasteiger partial charge is 0.490 e. The number of carbonyl (C=O) groups is 1. The van der Waals surface area contributed by atoms with E-state index in [1.807, 2.05) is 60.2 Å². The van der Waals surface area contributed by atoms with Crippen molar-refractivity contribution in [3.8, 4) is 11.5 Å². The number of hydrogen-bond acceptors (Lipinski definition) is 6. The highest BCUT2D eigenvalue weighted by Crippen LogP contribution is 2.45. The maximum absolute atomic E-state index is 13.4. The lowest BCUT2D eigenvalue weighted by molar-refractivity contribution is -0.111. The van der Waals surface area contributed by atoms with Crippen LogP contribution >= 0.6 is 15.9 Å². The minimum atomic E-state index is -0.486. The summed E-state index contributed by atoms with van der Waals surface area (Å²) in [4.78, 5) is 15.1. The van der Waals surface area contributed by atoms with E-state index in [2.05, 4.69) is 47.1 Å². The molecule has 5 rings (SSSR count). The van der Waals surface area contributed by atoms with Gasteiger partial charge in [-0.25, -0.2) is 9.40 Å². The molecule has 8 heteroatoms. The van der Waals surface area contributed by atoms with E-state index in [1.165, 1.54) is 17.7 Å². The summed E-state index contributed by atoms with van der Waals surface area (Å²) in [5.74, 6) is 1.01. The number of halogens is 2. The van der Waals surface area contributed by atoms with Crippen LogP contribution < -0.4 is 19.4 Å². The van der Waals surface area contributed by atoms with Crippen molar-refractivity contribution in [1.29, 1.82) is 0 Å². The number of ketones is 1. The molecular weight excluding hydrogens is 621 g/mol. The highest BCUT2D eigenvalue weighted by Gasteiger charge is 2.40. The number of hydrogen-bond donors (Lipinski definition) is 0. The van der Waals surface area contributed by atoms with Crippen molar-refractivity contribution in [2.45, 2.75) is 59.7 Å². The zero-order valence-corrected chi connectivity index (χ0v) is 27.1. The molecule has 4 aromatic rings. The summed E-state index contributed by atoms with van der Waals surface area (Å²) in [5, 5.41) is 6.78. The number of anilines is 2. The van der Waals surface area contributed by atoms with Crippen LogP contribution in [0.1, 0.15) is 62.0 Å². The van der Waals surface area contributed by atoms with E-state index < -0.39 is 6.17 Å². The number of nitrogens with zero attached hydrogens (tertiary/aromatic N) is 3. The van der Waals surface area contributed by atoms with Gasteiger partial charge in [0.2, 0.25) is 0 Å². The first-order valence-electron chi connectivity index (χ1n) is 15.0. The molecule has 0 fully saturated rings. The summed E-state index contributed by atoms with van der Waals surface area (Å²) in [6.07, 6.45) is 2.77. The van der Waals surface area contributed by atoms with E-state index in [0.717, 1.165) is 47.3 Å². The molecule has 1 atom stereocenters. The van der Waals surface area contributed by atoms with E-state index >= 15 is 0 Å². The van der Waals surface area contributed by atoms with Gasteiger partial charge in [0.15, 0.2) is 29.3 Å². The lowest BCUT2D eigenvalue weighted by atomic mass is 10.1. The van der Waals surface area contributed by atoms with E-state index in [-0.39, 0.29) is 18.2 Å². The molecule has 1 aliphatic rings. The van der Waals surface area contributed by atoms with Gasteiger partial charge in [0, 0.05) is 18.2 Å². The van der Waals surface area contributed by atoms with Crippen LogP contribution in [-0.2, 0) is 17.8 Å². The van der Waals surface area contributed by atoms with Crippen LogP contribution in [0, 0.1) is 12.7 Å². The number of hydrazone groups is 1. The average Bonchev–Trinajstić information content (AvgIpc) is 3.42. The van der Waals surface area contributed by atoms with Crippen LogP contribution in [0.4, 0.5) is 15.8 Å². The fraction of sp³-hybridized carbons (Fsp3) is 0.278. The van der Waals surface area contributed by atoms with Crippen molar-refractivity contribution in [2.24, 2.45) is 5.10 Å². The number of unbranched alkanes of at least 4 members (excludes halogenated alkanes) is 1. The Hall–Kier alpha value is -4.17. The second-order valence-electron chi connectivity index (χ2n) is 10.9. The van der Waals surface area contributed by atoms with E-state index in [0.29, 0.717) is 28.4 Å². The van der Waals surface area contributed by atoms with Crippen molar-refractivity contribution in [1.82, 2.24) is 0 Å². The highest BCUT2D eigenvalue weighted by atomic mass is 79.9. The molecule has 44 heavy (non-hydrogen) atoms. The van der Waals surface area contributed by atoms with Crippen molar-refractivity contribution in [3.63, 3.8) is 0 Å². The molecule has 0 saturated heterocycles. The number of Topliss-reactive ketones (excluding diaryl/α,β-unsaturated/α-hetero) is 1. The van der Waals surface area contributed by atoms with Gasteiger partial charge in [-0.15, -0.1) is 5.10 Å². The maximum Gasteiger partial charge on any atom is 0.198 e. The van der Waals surface area contributed by atoms with Gasteiger partial charge in [0.05, 0.1) is 16.8 Å². The maximum atomic E-state index is 13.4. The zero-order chi connectivity index (χ0) is 31.2. The first-order chi connectivity index (χ1) is 21.3. The predicted molar refractivity (Wildman–Crippen MR) is 178 cm³/mol. The quantitative estimate of drug-likeness (QED) is 0.152. The number of amidine groups is 1. The number of benzene rings is 4. The van der Waals surface area contributed by atoms with E-state index in [9.17, 15) is 9.18 Å². The number of aryl methyl sites for hydroxylation is 2. The molecule has 1 unspecified atom stereocenters. The van der Waals surface area contributed by atoms with Gasteiger partial charge in [-0.2, -0.15) is 0 Å². The van der Waals surface area contributed by atoms with Crippen LogP contribution in [0.25, 0.3) is 0 Å². The molecular formula is C36H37BrFN3O3. The molecule has 1 aliphatic heterocycles. The Labute approximate surface area is 267 Å². The number of carbonyl (C=O) groups excluding carboxylic acids is 1. The molecule has 0 amide bonds. The molecule has 0 radical (unpaired) electrons. The van der Waals surface area contributed by atoms with Crippen LogP contribution in [0.2, 0.25) is 0 Å². The number of ether oxygens (including phenoxy) is 2. The third kappa shape index (κ3) is 6.97. The van der Waals surface area contributed by atoms with Crippen LogP contribution in [0.15, 0.2) is 94.5 Å².